The molecule has 0 bridgehead atoms. The van der Waals surface area contributed by atoms with Crippen LogP contribution in [-0.2, 0) is 11.2 Å². The first-order valence-electron chi connectivity index (χ1n) is 10.7. The highest BCUT2D eigenvalue weighted by Gasteiger charge is 2.35. The van der Waals surface area contributed by atoms with Gasteiger partial charge in [-0.1, -0.05) is 32.1 Å². The molecule has 1 fully saturated rings. The summed E-state index contributed by atoms with van der Waals surface area (Å²) in [4.78, 5) is 26.9. The van der Waals surface area contributed by atoms with E-state index >= 15 is 0 Å². The number of phenols is 1. The predicted molar refractivity (Wildman–Crippen MR) is 132 cm³/mol. The van der Waals surface area contributed by atoms with Crippen LogP contribution in [0.1, 0.15) is 42.0 Å². The van der Waals surface area contributed by atoms with E-state index in [-0.39, 0.29) is 30.0 Å². The molecular formula is C26H29NO5S. The van der Waals surface area contributed by atoms with Crippen molar-refractivity contribution in [3.8, 4) is 17.2 Å². The molecule has 1 heterocycles. The number of hydrogen-bond acceptors (Lipinski definition) is 6. The number of aromatic hydroxyl groups is 1. The molecule has 0 unspecified atom stereocenters. The van der Waals surface area contributed by atoms with Crippen LogP contribution in [0.15, 0.2) is 47.9 Å². The van der Waals surface area contributed by atoms with Gasteiger partial charge < -0.3 is 14.6 Å². The molecule has 0 atom stereocenters. The molecule has 0 spiro atoms. The fraction of sp³-hybridized carbons (Fsp3) is 0.308. The number of hydrogen-bond donors (Lipinski definition) is 1. The zero-order chi connectivity index (χ0) is 24.1. The molecule has 2 aromatic rings. The molecule has 0 aromatic heterocycles. The van der Waals surface area contributed by atoms with Crippen molar-refractivity contribution in [3.05, 3.63) is 70.1 Å². The summed E-state index contributed by atoms with van der Waals surface area (Å²) in [6.07, 6.45) is 3.75. The van der Waals surface area contributed by atoms with E-state index in [2.05, 4.69) is 20.4 Å². The average Bonchev–Trinajstić information content (AvgIpc) is 3.03. The molecule has 1 N–H and O–H groups in total. The van der Waals surface area contributed by atoms with Crippen LogP contribution in [0.5, 0.6) is 17.2 Å². The Hall–Kier alpha value is -3.19. The summed E-state index contributed by atoms with van der Waals surface area (Å²) in [7, 11) is 1.46. The number of benzene rings is 2. The van der Waals surface area contributed by atoms with E-state index in [9.17, 15) is 14.7 Å². The van der Waals surface area contributed by atoms with Crippen LogP contribution >= 0.6 is 11.8 Å². The summed E-state index contributed by atoms with van der Waals surface area (Å²) in [5, 5.41) is 9.93. The summed E-state index contributed by atoms with van der Waals surface area (Å²) in [6.45, 7) is 10.3. The van der Waals surface area contributed by atoms with E-state index in [0.29, 0.717) is 34.1 Å². The number of nitrogens with zero attached hydrogens (tertiary/aromatic N) is 1. The van der Waals surface area contributed by atoms with Gasteiger partial charge in [0, 0.05) is 5.56 Å². The summed E-state index contributed by atoms with van der Waals surface area (Å²) in [5.74, 6) is 1.05. The zero-order valence-electron chi connectivity index (χ0n) is 19.4. The number of aryl methyl sites for hydroxylation is 1. The summed E-state index contributed by atoms with van der Waals surface area (Å²) in [6, 6.07) is 9.45. The predicted octanol–water partition coefficient (Wildman–Crippen LogP) is 5.68. The smallest absolute Gasteiger partial charge is 0.293 e. The highest BCUT2D eigenvalue weighted by atomic mass is 32.2. The molecule has 1 saturated heterocycles. The molecule has 1 aliphatic heterocycles. The van der Waals surface area contributed by atoms with Crippen LogP contribution in [0.4, 0.5) is 4.79 Å². The lowest BCUT2D eigenvalue weighted by molar-refractivity contribution is -0.123. The Morgan fingerprint density at radius 1 is 1.18 bits per heavy atom. The number of carbonyl (C=O) groups is 2. The number of imide groups is 1. The van der Waals surface area contributed by atoms with E-state index in [1.54, 1.807) is 24.3 Å². The van der Waals surface area contributed by atoms with Gasteiger partial charge in [0.25, 0.3) is 11.1 Å². The molecule has 33 heavy (non-hydrogen) atoms. The van der Waals surface area contributed by atoms with Gasteiger partial charge in [-0.15, -0.1) is 6.58 Å². The summed E-state index contributed by atoms with van der Waals surface area (Å²) in [5.41, 5.74) is 3.46. The molecule has 2 amide bonds. The van der Waals surface area contributed by atoms with Crippen LogP contribution in [0.3, 0.4) is 0 Å². The number of rotatable bonds is 9. The molecule has 2 aromatic carbocycles. The van der Waals surface area contributed by atoms with Crippen molar-refractivity contribution >= 4 is 29.0 Å². The third-order valence-electron chi connectivity index (χ3n) is 5.30. The Balaban J connectivity index is 1.74. The van der Waals surface area contributed by atoms with Crippen molar-refractivity contribution in [1.82, 2.24) is 4.90 Å². The molecule has 0 radical (unpaired) electrons. The van der Waals surface area contributed by atoms with Crippen LogP contribution < -0.4 is 9.47 Å². The Morgan fingerprint density at radius 2 is 1.94 bits per heavy atom. The second-order valence-electron chi connectivity index (χ2n) is 8.10. The van der Waals surface area contributed by atoms with Crippen molar-refractivity contribution < 1.29 is 24.2 Å². The first-order valence-corrected chi connectivity index (χ1v) is 11.6. The van der Waals surface area contributed by atoms with Crippen molar-refractivity contribution in [2.75, 3.05) is 20.3 Å². The van der Waals surface area contributed by atoms with E-state index in [1.807, 2.05) is 25.1 Å². The standard InChI is InChI=1S/C26H29NO5S/c1-6-7-19-13-18(14-22(31-5)24(19)28)15-23-25(29)27(26(30)33-23)10-11-32-21-12-17(4)8-9-20(21)16(2)3/h6,8-9,12-16,28H,1,7,10-11H2,2-5H3/b23-15-. The highest BCUT2D eigenvalue weighted by molar-refractivity contribution is 8.18. The number of thioether (sulfide) groups is 1. The van der Waals surface area contributed by atoms with Crippen molar-refractivity contribution in [2.45, 2.75) is 33.1 Å². The summed E-state index contributed by atoms with van der Waals surface area (Å²) < 4.78 is 11.2. The molecule has 7 heteroatoms. The quantitative estimate of drug-likeness (QED) is 0.378. The largest absolute Gasteiger partial charge is 0.504 e. The Kier molecular flexibility index (Phi) is 7.87. The minimum absolute atomic E-state index is 0.0386. The highest BCUT2D eigenvalue weighted by Crippen LogP contribution is 2.36. The molecule has 3 rings (SSSR count). The molecule has 1 aliphatic rings. The average molecular weight is 468 g/mol. The summed E-state index contributed by atoms with van der Waals surface area (Å²) >= 11 is 0.890. The minimum Gasteiger partial charge on any atom is -0.504 e. The fourth-order valence-electron chi connectivity index (χ4n) is 3.57. The van der Waals surface area contributed by atoms with Gasteiger partial charge in [0.1, 0.15) is 12.4 Å². The fourth-order valence-corrected chi connectivity index (χ4v) is 4.44. The van der Waals surface area contributed by atoms with E-state index in [0.717, 1.165) is 28.6 Å². The monoisotopic (exact) mass is 467 g/mol. The number of ether oxygens (including phenoxy) is 2. The second kappa shape index (κ2) is 10.6. The van der Waals surface area contributed by atoms with E-state index in [4.69, 9.17) is 9.47 Å². The maximum atomic E-state index is 12.9. The third kappa shape index (κ3) is 5.60. The lowest BCUT2D eigenvalue weighted by Gasteiger charge is -2.17. The van der Waals surface area contributed by atoms with Gasteiger partial charge in [-0.05, 0) is 72.0 Å². The first-order chi connectivity index (χ1) is 15.7. The third-order valence-corrected chi connectivity index (χ3v) is 6.20. The van der Waals surface area contributed by atoms with Crippen LogP contribution in [0, 0.1) is 6.92 Å². The maximum Gasteiger partial charge on any atom is 0.293 e. The molecule has 174 valence electrons. The van der Waals surface area contributed by atoms with Crippen molar-refractivity contribution in [1.29, 1.82) is 0 Å². The number of methoxy groups -OCH3 is 1. The molecular weight excluding hydrogens is 438 g/mol. The van der Waals surface area contributed by atoms with Gasteiger partial charge in [0.2, 0.25) is 0 Å². The number of carbonyl (C=O) groups excluding carboxylic acids is 2. The molecule has 6 nitrogen and oxygen atoms in total. The first kappa shape index (κ1) is 24.5. The lowest BCUT2D eigenvalue weighted by atomic mass is 10.0. The molecule has 0 saturated carbocycles. The zero-order valence-corrected chi connectivity index (χ0v) is 20.2. The van der Waals surface area contributed by atoms with Gasteiger partial charge in [-0.3, -0.25) is 14.5 Å². The normalized spacial score (nSPS) is 14.9. The Labute approximate surface area is 198 Å². The number of amides is 2. The van der Waals surface area contributed by atoms with E-state index < -0.39 is 0 Å². The molecule has 0 aliphatic carbocycles. The van der Waals surface area contributed by atoms with E-state index in [1.165, 1.54) is 12.0 Å². The van der Waals surface area contributed by atoms with Crippen molar-refractivity contribution in [2.24, 2.45) is 0 Å². The van der Waals surface area contributed by atoms with Gasteiger partial charge in [-0.25, -0.2) is 0 Å². The Bertz CT molecular complexity index is 1110. The number of phenolic OH excluding ortho intramolecular Hbond substituents is 1. The SMILES string of the molecule is C=CCc1cc(/C=C2\SC(=O)N(CCOc3cc(C)ccc3C(C)C)C2=O)cc(OC)c1O. The van der Waals surface area contributed by atoms with Crippen LogP contribution in [0.25, 0.3) is 6.08 Å². The van der Waals surface area contributed by atoms with Gasteiger partial charge in [-0.2, -0.15) is 0 Å². The Morgan fingerprint density at radius 3 is 2.61 bits per heavy atom. The number of allylic oxidation sites excluding steroid dienone is 1. The van der Waals surface area contributed by atoms with Crippen LogP contribution in [0.2, 0.25) is 0 Å². The maximum absolute atomic E-state index is 12.9. The van der Waals surface area contributed by atoms with Crippen molar-refractivity contribution in [3.63, 3.8) is 0 Å². The minimum atomic E-state index is -0.362. The van der Waals surface area contributed by atoms with Crippen LogP contribution in [-0.4, -0.2) is 41.4 Å². The van der Waals surface area contributed by atoms with Gasteiger partial charge in [0.05, 0.1) is 18.6 Å². The topological polar surface area (TPSA) is 76.1 Å². The van der Waals surface area contributed by atoms with Gasteiger partial charge >= 0.3 is 0 Å². The second-order valence-corrected chi connectivity index (χ2v) is 9.09. The lowest BCUT2D eigenvalue weighted by Crippen LogP contribution is -2.32. The van der Waals surface area contributed by atoms with Gasteiger partial charge in [0.15, 0.2) is 11.5 Å².